The van der Waals surface area contributed by atoms with Crippen molar-refractivity contribution in [2.24, 2.45) is 0 Å². The second kappa shape index (κ2) is 28.3. The summed E-state index contributed by atoms with van der Waals surface area (Å²) in [4.78, 5) is 98.7. The molecule has 404 valence electrons. The summed E-state index contributed by atoms with van der Waals surface area (Å²) in [6.07, 6.45) is -0.845. The first-order chi connectivity index (χ1) is 32.6. The van der Waals surface area contributed by atoms with Crippen LogP contribution in [0.15, 0.2) is 30.3 Å². The van der Waals surface area contributed by atoms with Gasteiger partial charge in [0.1, 0.15) is 47.0 Å². The molecule has 0 spiro atoms. The number of carbonyl (C=O) groups is 7. The van der Waals surface area contributed by atoms with E-state index >= 15 is 0 Å². The van der Waals surface area contributed by atoms with Crippen LogP contribution in [0.1, 0.15) is 67.9 Å². The minimum atomic E-state index is -5.04. The molecule has 2 atom stereocenters. The van der Waals surface area contributed by atoms with Gasteiger partial charge in [0.25, 0.3) is 20.2 Å². The van der Waals surface area contributed by atoms with E-state index in [1.54, 1.807) is 107 Å². The van der Waals surface area contributed by atoms with Crippen molar-refractivity contribution in [2.45, 2.75) is 97.8 Å². The number of nitrogens with zero attached hydrogens (tertiary/aromatic N) is 4. The molecule has 4 amide bonds. The fraction of sp³-hybridized carbons (Fsp3) is 0.705. The van der Waals surface area contributed by atoms with E-state index in [4.69, 9.17) is 18.9 Å². The molecule has 1 aromatic rings. The van der Waals surface area contributed by atoms with Gasteiger partial charge in [0, 0.05) is 65.4 Å². The van der Waals surface area contributed by atoms with Gasteiger partial charge in [0.15, 0.2) is 0 Å². The van der Waals surface area contributed by atoms with Gasteiger partial charge in [-0.1, -0.05) is 30.3 Å². The second-order valence-corrected chi connectivity index (χ2v) is 22.8. The average Bonchev–Trinajstić information content (AvgIpc) is 3.19. The molecule has 0 saturated carbocycles. The third kappa shape index (κ3) is 30.5. The summed E-state index contributed by atoms with van der Waals surface area (Å²) in [6, 6.07) is 4.54. The minimum Gasteiger partial charge on any atom is -0.459 e. The zero-order valence-electron chi connectivity index (χ0n) is 42.2. The molecule has 1 heterocycles. The van der Waals surface area contributed by atoms with Crippen molar-refractivity contribution in [1.29, 1.82) is 0 Å². The summed E-state index contributed by atoms with van der Waals surface area (Å²) in [5.74, 6) is -7.99. The molecule has 2 rings (SSSR count). The summed E-state index contributed by atoms with van der Waals surface area (Å²) in [5.41, 5.74) is -1.68. The molecule has 0 aliphatic carbocycles. The molecule has 1 aliphatic rings. The van der Waals surface area contributed by atoms with Gasteiger partial charge < -0.3 is 40.2 Å². The predicted molar refractivity (Wildman–Crippen MR) is 258 cm³/mol. The van der Waals surface area contributed by atoms with Crippen LogP contribution < -0.4 is 21.3 Å². The molecule has 1 aliphatic heterocycles. The van der Waals surface area contributed by atoms with Crippen LogP contribution in [0.25, 0.3) is 0 Å². The number of amides is 4. The highest BCUT2D eigenvalue weighted by Gasteiger charge is 2.33. The van der Waals surface area contributed by atoms with Crippen LogP contribution in [0.4, 0.5) is 4.79 Å². The van der Waals surface area contributed by atoms with Crippen LogP contribution in [-0.4, -0.2) is 219 Å². The van der Waals surface area contributed by atoms with Gasteiger partial charge in [-0.25, -0.2) is 4.79 Å². The van der Waals surface area contributed by atoms with Crippen molar-refractivity contribution >= 4 is 62.0 Å². The lowest BCUT2D eigenvalue weighted by Crippen LogP contribution is -2.58. The number of nitrogens with one attached hydrogen (secondary N) is 4. The van der Waals surface area contributed by atoms with Crippen LogP contribution in [0.5, 0.6) is 0 Å². The van der Waals surface area contributed by atoms with Crippen molar-refractivity contribution in [3.63, 3.8) is 0 Å². The largest absolute Gasteiger partial charge is 0.459 e. The first kappa shape index (κ1) is 62.1. The Balaban J connectivity index is 2.34. The maximum atomic E-state index is 13.8. The number of esters is 3. The molecule has 0 radical (unpaired) electrons. The molecule has 0 unspecified atom stereocenters. The average molecular weight is 1050 g/mol. The fourth-order valence-electron chi connectivity index (χ4n) is 6.63. The Morgan fingerprint density at radius 1 is 0.535 bits per heavy atom. The number of carbonyl (C=O) groups excluding carboxylic acids is 7. The van der Waals surface area contributed by atoms with Gasteiger partial charge >= 0.3 is 24.0 Å². The Kier molecular flexibility index (Phi) is 24.7. The van der Waals surface area contributed by atoms with Crippen LogP contribution >= 0.6 is 0 Å². The Labute approximate surface area is 416 Å². The Bertz CT molecular complexity index is 2120. The van der Waals surface area contributed by atoms with E-state index in [0.29, 0.717) is 5.56 Å². The standard InChI is InChI=1S/C44H74N8O17S2/c1-42(2,3)67-36(54)26-50-19-17-49(18-20-51(27-37(55)68-43(4,5)6)22-24-52(23-21-50)28-38(56)69-44(7,8)9)25-35(53)47-34(31-71(63,64)65)40(58)48-33(30-70(60,61)62)39(57)45-15-16-46-41(59)66-29-32-13-11-10-12-14-32/h10-14,33-34H,15-31H2,1-9H3,(H,45,57)(H,46,59)(H,47,53)(H,48,58)(H,60,61,62)(H,63,64,65)/t33-,34-/m0/s1. The van der Waals surface area contributed by atoms with Gasteiger partial charge in [0.05, 0.1) is 26.2 Å². The molecular weight excluding hydrogens is 977 g/mol. The van der Waals surface area contributed by atoms with Crippen molar-refractivity contribution in [1.82, 2.24) is 40.9 Å². The number of hydrogen-bond acceptors (Lipinski definition) is 19. The maximum Gasteiger partial charge on any atom is 0.407 e. The predicted octanol–water partition coefficient (Wildman–Crippen LogP) is -0.979. The molecular formula is C44H74N8O17S2. The highest BCUT2D eigenvalue weighted by atomic mass is 32.2. The molecule has 0 aromatic heterocycles. The fourth-order valence-corrected chi connectivity index (χ4v) is 7.94. The molecule has 1 aromatic carbocycles. The number of ether oxygens (including phenoxy) is 4. The normalized spacial score (nSPS) is 16.4. The quantitative estimate of drug-likeness (QED) is 0.0373. The molecule has 0 bridgehead atoms. The van der Waals surface area contributed by atoms with E-state index < -0.39 is 109 Å². The lowest BCUT2D eigenvalue weighted by Gasteiger charge is -2.34. The van der Waals surface area contributed by atoms with Crippen LogP contribution in [-0.2, 0) is 74.6 Å². The number of rotatable bonds is 21. The van der Waals surface area contributed by atoms with Crippen molar-refractivity contribution in [2.75, 3.05) is 103 Å². The van der Waals surface area contributed by atoms with Gasteiger partial charge in [-0.3, -0.25) is 57.5 Å². The molecule has 1 fully saturated rings. The maximum absolute atomic E-state index is 13.8. The van der Waals surface area contributed by atoms with E-state index in [1.165, 1.54) is 0 Å². The first-order valence-electron chi connectivity index (χ1n) is 22.9. The topological polar surface area (TPSA) is 326 Å². The van der Waals surface area contributed by atoms with Crippen molar-refractivity contribution in [3.8, 4) is 0 Å². The van der Waals surface area contributed by atoms with Gasteiger partial charge in [-0.05, 0) is 67.9 Å². The Hall–Kier alpha value is -5.03. The van der Waals surface area contributed by atoms with Crippen molar-refractivity contribution in [3.05, 3.63) is 35.9 Å². The number of benzene rings is 1. The molecule has 6 N–H and O–H groups in total. The third-order valence-corrected chi connectivity index (χ3v) is 11.1. The van der Waals surface area contributed by atoms with E-state index in [0.717, 1.165) is 0 Å². The SMILES string of the molecule is CC(C)(C)OC(=O)CN1CCN(CC(=O)N[C@@H](CS(=O)(=O)O)C(=O)N[C@@H](CS(=O)(=O)O)C(=O)NCCNC(=O)OCc2ccccc2)CCN(CC(=O)OC(C)(C)C)CCN(CC(=O)OC(C)(C)C)CC1. The smallest absolute Gasteiger partial charge is 0.407 e. The first-order valence-corrected chi connectivity index (χ1v) is 26.1. The van der Waals surface area contributed by atoms with Crippen LogP contribution in [0.2, 0.25) is 0 Å². The zero-order chi connectivity index (χ0) is 53.8. The lowest BCUT2D eigenvalue weighted by atomic mass is 10.2. The summed E-state index contributed by atoms with van der Waals surface area (Å²) < 4.78 is 89.3. The summed E-state index contributed by atoms with van der Waals surface area (Å²) >= 11 is 0. The van der Waals surface area contributed by atoms with Gasteiger partial charge in [-0.15, -0.1) is 0 Å². The Morgan fingerprint density at radius 2 is 0.887 bits per heavy atom. The number of alkyl carbamates (subject to hydrolysis) is 1. The van der Waals surface area contributed by atoms with Crippen LogP contribution in [0.3, 0.4) is 0 Å². The molecule has 71 heavy (non-hydrogen) atoms. The highest BCUT2D eigenvalue weighted by molar-refractivity contribution is 7.86. The van der Waals surface area contributed by atoms with Crippen LogP contribution in [0, 0.1) is 0 Å². The van der Waals surface area contributed by atoms with E-state index in [-0.39, 0.29) is 91.7 Å². The van der Waals surface area contributed by atoms with E-state index in [2.05, 4.69) is 16.0 Å². The summed E-state index contributed by atoms with van der Waals surface area (Å²) in [5, 5.41) is 8.86. The Morgan fingerprint density at radius 3 is 1.25 bits per heavy atom. The minimum absolute atomic E-state index is 0.0530. The monoisotopic (exact) mass is 1050 g/mol. The highest BCUT2D eigenvalue weighted by Crippen LogP contribution is 2.12. The lowest BCUT2D eigenvalue weighted by molar-refractivity contribution is -0.158. The zero-order valence-corrected chi connectivity index (χ0v) is 43.8. The second-order valence-electron chi connectivity index (χ2n) is 19.8. The van der Waals surface area contributed by atoms with E-state index in [1.807, 2.05) is 10.2 Å². The third-order valence-electron chi connectivity index (χ3n) is 9.56. The van der Waals surface area contributed by atoms with Crippen molar-refractivity contribution < 1.29 is 78.5 Å². The van der Waals surface area contributed by atoms with Gasteiger partial charge in [-0.2, -0.15) is 16.8 Å². The van der Waals surface area contributed by atoms with Gasteiger partial charge in [0.2, 0.25) is 17.7 Å². The molecule has 25 nitrogen and oxygen atoms in total. The summed E-state index contributed by atoms with van der Waals surface area (Å²) in [7, 11) is -10.0. The molecule has 1 saturated heterocycles. The summed E-state index contributed by atoms with van der Waals surface area (Å²) in [6.45, 7) is 15.2. The number of hydrogen-bond donors (Lipinski definition) is 6. The van der Waals surface area contributed by atoms with E-state index in [9.17, 15) is 59.5 Å². The molecule has 27 heteroatoms.